The zero-order valence-electron chi connectivity index (χ0n) is 4.77. The summed E-state index contributed by atoms with van der Waals surface area (Å²) in [5.41, 5.74) is 0. The van der Waals surface area contributed by atoms with E-state index < -0.39 is 0 Å². The van der Waals surface area contributed by atoms with Crippen LogP contribution in [-0.4, -0.2) is 20.4 Å². The lowest BCUT2D eigenvalue weighted by molar-refractivity contribution is 0.120. The van der Waals surface area contributed by atoms with Crippen LogP contribution in [0.3, 0.4) is 0 Å². The van der Waals surface area contributed by atoms with Crippen molar-refractivity contribution in [1.82, 2.24) is 5.32 Å². The predicted molar refractivity (Wildman–Crippen MR) is 30.1 cm³/mol. The molecule has 1 atom stereocenters. The van der Waals surface area contributed by atoms with Crippen molar-refractivity contribution >= 4 is 0 Å². The maximum absolute atomic E-state index is 4.82. The van der Waals surface area contributed by atoms with E-state index in [1.807, 2.05) is 7.05 Å². The highest BCUT2D eigenvalue weighted by Crippen LogP contribution is 1.79. The maximum atomic E-state index is 4.82. The SMILES string of the molecule is C=CC(NC)OC. The Morgan fingerprint density at radius 3 is 2.43 bits per heavy atom. The second-order valence-corrected chi connectivity index (χ2v) is 1.18. The molecule has 0 aliphatic heterocycles. The largest absolute Gasteiger partial charge is 0.363 e. The number of ether oxygens (including phenoxy) is 1. The van der Waals surface area contributed by atoms with Crippen LogP contribution >= 0.6 is 0 Å². The van der Waals surface area contributed by atoms with Crippen LogP contribution < -0.4 is 5.32 Å². The molecule has 7 heavy (non-hydrogen) atoms. The molecule has 0 radical (unpaired) electrons. The third kappa shape index (κ3) is 2.37. The first-order valence-electron chi connectivity index (χ1n) is 2.17. The molecule has 0 aliphatic rings. The molecule has 0 aromatic heterocycles. The second kappa shape index (κ2) is 3.84. The van der Waals surface area contributed by atoms with E-state index in [2.05, 4.69) is 11.9 Å². The quantitative estimate of drug-likeness (QED) is 0.409. The molecule has 0 fully saturated rings. The molecule has 1 N–H and O–H groups in total. The summed E-state index contributed by atoms with van der Waals surface area (Å²) in [6.45, 7) is 3.52. The number of hydrogen-bond donors (Lipinski definition) is 1. The van der Waals surface area contributed by atoms with Crippen LogP contribution in [0, 0.1) is 0 Å². The lowest BCUT2D eigenvalue weighted by Gasteiger charge is -2.05. The van der Waals surface area contributed by atoms with Crippen LogP contribution in [0.15, 0.2) is 12.7 Å². The van der Waals surface area contributed by atoms with Gasteiger partial charge in [-0.25, -0.2) is 0 Å². The summed E-state index contributed by atoms with van der Waals surface area (Å²) in [5, 5.41) is 2.86. The van der Waals surface area contributed by atoms with E-state index in [-0.39, 0.29) is 6.23 Å². The number of methoxy groups -OCH3 is 1. The Morgan fingerprint density at radius 1 is 1.86 bits per heavy atom. The Labute approximate surface area is 44.2 Å². The van der Waals surface area contributed by atoms with Gasteiger partial charge >= 0.3 is 0 Å². The summed E-state index contributed by atoms with van der Waals surface area (Å²) in [6, 6.07) is 0. The van der Waals surface area contributed by atoms with Crippen molar-refractivity contribution in [3.05, 3.63) is 12.7 Å². The third-order valence-electron chi connectivity index (χ3n) is 0.753. The number of hydrogen-bond acceptors (Lipinski definition) is 2. The van der Waals surface area contributed by atoms with Crippen LogP contribution in [0.25, 0.3) is 0 Å². The molecule has 0 rings (SSSR count). The fraction of sp³-hybridized carbons (Fsp3) is 0.600. The summed E-state index contributed by atoms with van der Waals surface area (Å²) < 4.78 is 4.82. The maximum Gasteiger partial charge on any atom is 0.126 e. The minimum Gasteiger partial charge on any atom is -0.363 e. The lowest BCUT2D eigenvalue weighted by atomic mass is 10.5. The Morgan fingerprint density at radius 2 is 2.43 bits per heavy atom. The Hall–Kier alpha value is -0.340. The minimum absolute atomic E-state index is 0.000000000000000444. The molecule has 0 aromatic carbocycles. The highest BCUT2D eigenvalue weighted by Gasteiger charge is 1.90. The average Bonchev–Trinajstić information content (AvgIpc) is 1.72. The van der Waals surface area contributed by atoms with Gasteiger partial charge in [0.05, 0.1) is 0 Å². The highest BCUT2D eigenvalue weighted by molar-refractivity contribution is 4.75. The van der Waals surface area contributed by atoms with Crippen molar-refractivity contribution in [2.75, 3.05) is 14.2 Å². The summed E-state index contributed by atoms with van der Waals surface area (Å²) in [4.78, 5) is 0. The molecule has 0 aromatic rings. The van der Waals surface area contributed by atoms with E-state index in [9.17, 15) is 0 Å². The molecule has 0 bridgehead atoms. The van der Waals surface area contributed by atoms with Crippen molar-refractivity contribution in [2.24, 2.45) is 0 Å². The van der Waals surface area contributed by atoms with Gasteiger partial charge in [-0.2, -0.15) is 0 Å². The smallest absolute Gasteiger partial charge is 0.126 e. The molecule has 0 heterocycles. The van der Waals surface area contributed by atoms with E-state index in [1.165, 1.54) is 0 Å². The van der Waals surface area contributed by atoms with Gasteiger partial charge in [0.2, 0.25) is 0 Å². The Bertz CT molecular complexity index is 50.0. The highest BCUT2D eigenvalue weighted by atomic mass is 16.5. The fourth-order valence-corrected chi connectivity index (χ4v) is 0.332. The van der Waals surface area contributed by atoms with Crippen LogP contribution in [0.1, 0.15) is 0 Å². The zero-order valence-corrected chi connectivity index (χ0v) is 4.77. The van der Waals surface area contributed by atoms with Crippen LogP contribution in [0.2, 0.25) is 0 Å². The molecule has 2 nitrogen and oxygen atoms in total. The Balaban J connectivity index is 3.16. The van der Waals surface area contributed by atoms with Crippen molar-refractivity contribution in [1.29, 1.82) is 0 Å². The van der Waals surface area contributed by atoms with E-state index >= 15 is 0 Å². The van der Waals surface area contributed by atoms with Crippen molar-refractivity contribution in [3.63, 3.8) is 0 Å². The first-order valence-corrected chi connectivity index (χ1v) is 2.17. The molecular weight excluding hydrogens is 90.1 g/mol. The first-order chi connectivity index (χ1) is 3.35. The van der Waals surface area contributed by atoms with Crippen molar-refractivity contribution in [2.45, 2.75) is 6.23 Å². The second-order valence-electron chi connectivity index (χ2n) is 1.18. The molecule has 0 spiro atoms. The summed E-state index contributed by atoms with van der Waals surface area (Å²) in [5.74, 6) is 0. The van der Waals surface area contributed by atoms with Gasteiger partial charge in [0.15, 0.2) is 0 Å². The van der Waals surface area contributed by atoms with Gasteiger partial charge in [-0.05, 0) is 13.1 Å². The normalized spacial score (nSPS) is 13.4. The van der Waals surface area contributed by atoms with Crippen molar-refractivity contribution < 1.29 is 4.74 Å². The fourth-order valence-electron chi connectivity index (χ4n) is 0.332. The summed E-state index contributed by atoms with van der Waals surface area (Å²) in [6.07, 6.45) is 1.69. The molecule has 0 saturated carbocycles. The van der Waals surface area contributed by atoms with E-state index in [0.29, 0.717) is 0 Å². The molecule has 0 saturated heterocycles. The first kappa shape index (κ1) is 6.66. The minimum atomic E-state index is -0.000000000000000444. The van der Waals surface area contributed by atoms with Gasteiger partial charge < -0.3 is 4.74 Å². The van der Waals surface area contributed by atoms with Gasteiger partial charge in [-0.3, -0.25) is 5.32 Å². The number of rotatable bonds is 3. The van der Waals surface area contributed by atoms with E-state index in [0.717, 1.165) is 0 Å². The zero-order chi connectivity index (χ0) is 5.70. The topological polar surface area (TPSA) is 21.3 Å². The molecule has 0 amide bonds. The van der Waals surface area contributed by atoms with Crippen LogP contribution in [-0.2, 0) is 4.74 Å². The number of nitrogens with one attached hydrogen (secondary N) is 1. The molecular formula is C5H11NO. The Kier molecular flexibility index (Phi) is 3.65. The molecule has 1 unspecified atom stereocenters. The van der Waals surface area contributed by atoms with Crippen LogP contribution in [0.4, 0.5) is 0 Å². The standard InChI is InChI=1S/C5H11NO/c1-4-5(6-2)7-3/h4-6H,1H2,2-3H3. The molecule has 2 heteroatoms. The van der Waals surface area contributed by atoms with Gasteiger partial charge in [0, 0.05) is 7.11 Å². The number of likely N-dealkylation sites (N-methyl/N-ethyl adjacent to an activating group) is 1. The van der Waals surface area contributed by atoms with Gasteiger partial charge in [-0.1, -0.05) is 6.58 Å². The lowest BCUT2D eigenvalue weighted by Crippen LogP contribution is -2.23. The van der Waals surface area contributed by atoms with Crippen molar-refractivity contribution in [3.8, 4) is 0 Å². The van der Waals surface area contributed by atoms with Gasteiger partial charge in [0.1, 0.15) is 6.23 Å². The van der Waals surface area contributed by atoms with Crippen LogP contribution in [0.5, 0.6) is 0 Å². The summed E-state index contributed by atoms with van der Waals surface area (Å²) in [7, 11) is 3.44. The average molecular weight is 101 g/mol. The van der Waals surface area contributed by atoms with E-state index in [1.54, 1.807) is 13.2 Å². The van der Waals surface area contributed by atoms with E-state index in [4.69, 9.17) is 4.74 Å². The molecule has 0 aliphatic carbocycles. The molecule has 42 valence electrons. The van der Waals surface area contributed by atoms with Gasteiger partial charge in [-0.15, -0.1) is 0 Å². The van der Waals surface area contributed by atoms with Gasteiger partial charge in [0.25, 0.3) is 0 Å². The monoisotopic (exact) mass is 101 g/mol. The third-order valence-corrected chi connectivity index (χ3v) is 0.753. The summed E-state index contributed by atoms with van der Waals surface area (Å²) >= 11 is 0. The predicted octanol–water partition coefficient (Wildman–Crippen LogP) is 0.364.